The first kappa shape index (κ1) is 15.8. The van der Waals surface area contributed by atoms with Crippen LogP contribution < -0.4 is 10.1 Å². The van der Waals surface area contributed by atoms with Gasteiger partial charge in [-0.05, 0) is 42.5 Å². The molecule has 0 saturated heterocycles. The summed E-state index contributed by atoms with van der Waals surface area (Å²) in [5, 5.41) is 20.8. The number of halogens is 1. The summed E-state index contributed by atoms with van der Waals surface area (Å²) in [4.78, 5) is 22.7. The number of carbonyl (C=O) groups is 2. The van der Waals surface area contributed by atoms with Crippen molar-refractivity contribution in [2.75, 3.05) is 11.9 Å². The molecular weight excluding hydrogens is 354 g/mol. The van der Waals surface area contributed by atoms with E-state index in [-0.39, 0.29) is 23.6 Å². The van der Waals surface area contributed by atoms with Gasteiger partial charge in [0.2, 0.25) is 0 Å². The van der Waals surface area contributed by atoms with Crippen molar-refractivity contribution in [1.82, 2.24) is 0 Å². The minimum absolute atomic E-state index is 0.217. The Morgan fingerprint density at radius 3 is 2.45 bits per heavy atom. The molecule has 0 heterocycles. The molecule has 0 aromatic heterocycles. The van der Waals surface area contributed by atoms with Crippen molar-refractivity contribution in [3.63, 3.8) is 0 Å². The summed E-state index contributed by atoms with van der Waals surface area (Å²) in [5.74, 6) is -1.54. The Kier molecular flexibility index (Phi) is 5.00. The van der Waals surface area contributed by atoms with E-state index in [1.54, 1.807) is 24.3 Å². The van der Waals surface area contributed by atoms with Gasteiger partial charge >= 0.3 is 5.97 Å². The molecular formula is C15H12BrNO5. The number of hydrogen-bond donors (Lipinski definition) is 3. The monoisotopic (exact) mass is 365 g/mol. The summed E-state index contributed by atoms with van der Waals surface area (Å²) in [7, 11) is 0. The number of anilines is 1. The number of aromatic carboxylic acids is 1. The molecule has 7 heteroatoms. The van der Waals surface area contributed by atoms with E-state index < -0.39 is 11.9 Å². The fraction of sp³-hybridized carbons (Fsp3) is 0.0667. The highest BCUT2D eigenvalue weighted by Crippen LogP contribution is 2.21. The van der Waals surface area contributed by atoms with Gasteiger partial charge in [-0.25, -0.2) is 4.79 Å². The van der Waals surface area contributed by atoms with Crippen LogP contribution >= 0.6 is 15.9 Å². The highest BCUT2D eigenvalue weighted by Gasteiger charge is 2.11. The summed E-state index contributed by atoms with van der Waals surface area (Å²) >= 11 is 3.29. The van der Waals surface area contributed by atoms with Crippen LogP contribution in [0.4, 0.5) is 5.69 Å². The smallest absolute Gasteiger partial charge is 0.339 e. The zero-order valence-electron chi connectivity index (χ0n) is 11.2. The molecule has 0 bridgehead atoms. The van der Waals surface area contributed by atoms with Crippen molar-refractivity contribution in [1.29, 1.82) is 0 Å². The summed E-state index contributed by atoms with van der Waals surface area (Å²) in [6.07, 6.45) is 0. The van der Waals surface area contributed by atoms with Gasteiger partial charge in [0.1, 0.15) is 17.1 Å². The highest BCUT2D eigenvalue weighted by atomic mass is 79.9. The van der Waals surface area contributed by atoms with Crippen molar-refractivity contribution in [3.8, 4) is 11.5 Å². The van der Waals surface area contributed by atoms with E-state index in [9.17, 15) is 14.7 Å². The van der Waals surface area contributed by atoms with Gasteiger partial charge in [0, 0.05) is 10.2 Å². The molecule has 6 nitrogen and oxygen atoms in total. The fourth-order valence-electron chi connectivity index (χ4n) is 1.66. The number of carboxylic acids is 1. The molecule has 3 N–H and O–H groups in total. The molecule has 0 unspecified atom stereocenters. The van der Waals surface area contributed by atoms with Gasteiger partial charge in [-0.1, -0.05) is 15.9 Å². The minimum Gasteiger partial charge on any atom is -0.507 e. The molecule has 0 radical (unpaired) electrons. The second-order valence-corrected chi connectivity index (χ2v) is 5.24. The lowest BCUT2D eigenvalue weighted by atomic mass is 10.2. The molecule has 0 aliphatic heterocycles. The van der Waals surface area contributed by atoms with Crippen LogP contribution in [0, 0.1) is 0 Å². The van der Waals surface area contributed by atoms with E-state index in [2.05, 4.69) is 21.2 Å². The Balaban J connectivity index is 1.96. The fourth-order valence-corrected chi connectivity index (χ4v) is 1.93. The van der Waals surface area contributed by atoms with Gasteiger partial charge in [0.05, 0.1) is 0 Å². The zero-order chi connectivity index (χ0) is 16.1. The number of carboxylic acid groups (broad SMARTS) is 1. The van der Waals surface area contributed by atoms with Crippen molar-refractivity contribution in [2.24, 2.45) is 0 Å². The quantitative estimate of drug-likeness (QED) is 0.708. The van der Waals surface area contributed by atoms with Crippen molar-refractivity contribution in [3.05, 3.63) is 52.5 Å². The topological polar surface area (TPSA) is 95.9 Å². The van der Waals surface area contributed by atoms with Crippen LogP contribution in [0.3, 0.4) is 0 Å². The first-order valence-electron chi connectivity index (χ1n) is 6.20. The maximum Gasteiger partial charge on any atom is 0.339 e. The third-order valence-electron chi connectivity index (χ3n) is 2.69. The number of phenols is 1. The van der Waals surface area contributed by atoms with Gasteiger partial charge in [-0.2, -0.15) is 0 Å². The first-order chi connectivity index (χ1) is 10.5. The van der Waals surface area contributed by atoms with Crippen LogP contribution in [0.25, 0.3) is 0 Å². The maximum atomic E-state index is 11.8. The summed E-state index contributed by atoms with van der Waals surface area (Å²) < 4.78 is 6.20. The maximum absolute atomic E-state index is 11.8. The lowest BCUT2D eigenvalue weighted by molar-refractivity contribution is -0.118. The average Bonchev–Trinajstić information content (AvgIpc) is 2.48. The molecule has 114 valence electrons. The second kappa shape index (κ2) is 6.95. The third-order valence-corrected chi connectivity index (χ3v) is 3.22. The lowest BCUT2D eigenvalue weighted by Gasteiger charge is -2.09. The van der Waals surface area contributed by atoms with Gasteiger partial charge in [0.25, 0.3) is 5.91 Å². The molecule has 0 saturated carbocycles. The first-order valence-corrected chi connectivity index (χ1v) is 6.99. The SMILES string of the molecule is O=C(COc1ccc(Br)cc1)Nc1ccc(O)c(C(=O)O)c1. The normalized spacial score (nSPS) is 10.0. The Bertz CT molecular complexity index is 700. The number of hydrogen-bond acceptors (Lipinski definition) is 4. The molecule has 0 spiro atoms. The van der Waals surface area contributed by atoms with Crippen molar-refractivity contribution in [2.45, 2.75) is 0 Å². The van der Waals surface area contributed by atoms with Crippen LogP contribution in [-0.4, -0.2) is 28.7 Å². The second-order valence-electron chi connectivity index (χ2n) is 4.33. The number of benzene rings is 2. The predicted octanol–water partition coefficient (Wildman–Crippen LogP) is 2.87. The molecule has 0 fully saturated rings. The molecule has 0 aliphatic carbocycles. The van der Waals surface area contributed by atoms with Crippen LogP contribution in [0.15, 0.2) is 46.9 Å². The number of rotatable bonds is 5. The van der Waals surface area contributed by atoms with Gasteiger partial charge < -0.3 is 20.3 Å². The van der Waals surface area contributed by atoms with Crippen LogP contribution in [0.5, 0.6) is 11.5 Å². The number of carbonyl (C=O) groups excluding carboxylic acids is 1. The molecule has 2 aromatic rings. The van der Waals surface area contributed by atoms with Crippen LogP contribution in [0.1, 0.15) is 10.4 Å². The van der Waals surface area contributed by atoms with Crippen molar-refractivity contribution >= 4 is 33.5 Å². The van der Waals surface area contributed by atoms with E-state index in [0.29, 0.717) is 5.75 Å². The van der Waals surface area contributed by atoms with Gasteiger partial charge in [0.15, 0.2) is 6.61 Å². The molecule has 2 rings (SSSR count). The molecule has 22 heavy (non-hydrogen) atoms. The minimum atomic E-state index is -1.28. The van der Waals surface area contributed by atoms with Gasteiger partial charge in [-0.3, -0.25) is 4.79 Å². The van der Waals surface area contributed by atoms with Crippen LogP contribution in [0.2, 0.25) is 0 Å². The Morgan fingerprint density at radius 2 is 1.82 bits per heavy atom. The zero-order valence-corrected chi connectivity index (χ0v) is 12.8. The standard InChI is InChI=1S/C15H12BrNO5/c16-9-1-4-11(5-2-9)22-8-14(19)17-10-3-6-13(18)12(7-10)15(20)21/h1-7,18H,8H2,(H,17,19)(H,20,21). The summed E-state index contributed by atoms with van der Waals surface area (Å²) in [5.41, 5.74) is -0.0220. The number of nitrogens with one attached hydrogen (secondary N) is 1. The lowest BCUT2D eigenvalue weighted by Crippen LogP contribution is -2.20. The molecule has 1 amide bonds. The molecule has 2 aromatic carbocycles. The van der Waals surface area contributed by atoms with E-state index >= 15 is 0 Å². The van der Waals surface area contributed by atoms with E-state index in [0.717, 1.165) is 4.47 Å². The summed E-state index contributed by atoms with van der Waals surface area (Å²) in [6, 6.07) is 10.8. The van der Waals surface area contributed by atoms with E-state index in [1.165, 1.54) is 18.2 Å². The average molecular weight is 366 g/mol. The number of amides is 1. The van der Waals surface area contributed by atoms with E-state index in [1.807, 2.05) is 0 Å². The van der Waals surface area contributed by atoms with E-state index in [4.69, 9.17) is 9.84 Å². The Morgan fingerprint density at radius 1 is 1.14 bits per heavy atom. The Hall–Kier alpha value is -2.54. The highest BCUT2D eigenvalue weighted by molar-refractivity contribution is 9.10. The van der Waals surface area contributed by atoms with Crippen LogP contribution in [-0.2, 0) is 4.79 Å². The number of ether oxygens (including phenoxy) is 1. The predicted molar refractivity (Wildman–Crippen MR) is 83.3 cm³/mol. The largest absolute Gasteiger partial charge is 0.507 e. The summed E-state index contributed by atoms with van der Waals surface area (Å²) in [6.45, 7) is -0.217. The molecule has 0 atom stereocenters. The number of aromatic hydroxyl groups is 1. The third kappa shape index (κ3) is 4.23. The molecule has 0 aliphatic rings. The van der Waals surface area contributed by atoms with Crippen molar-refractivity contribution < 1.29 is 24.5 Å². The van der Waals surface area contributed by atoms with Gasteiger partial charge in [-0.15, -0.1) is 0 Å². The Labute approximate surface area is 134 Å².